The van der Waals surface area contributed by atoms with E-state index in [1.54, 1.807) is 36.7 Å². The Kier molecular flexibility index (Phi) is 4.51. The topological polar surface area (TPSA) is 75.6 Å². The highest BCUT2D eigenvalue weighted by atomic mass is 16.5. The number of nitrogens with zero attached hydrogens (tertiary/aromatic N) is 4. The van der Waals surface area contributed by atoms with E-state index in [2.05, 4.69) is 9.97 Å². The number of carbonyl (C=O) groups excluding carboxylic acids is 2. The number of likely N-dealkylation sites (tertiary alicyclic amines) is 2. The molecule has 0 radical (unpaired) electrons. The maximum absolute atomic E-state index is 13.1. The lowest BCUT2D eigenvalue weighted by molar-refractivity contribution is -0.135. The predicted molar refractivity (Wildman–Crippen MR) is 98.0 cm³/mol. The van der Waals surface area contributed by atoms with Crippen LogP contribution in [0.2, 0.25) is 0 Å². The molecule has 0 saturated carbocycles. The minimum Gasteiger partial charge on any atom is -0.495 e. The third-order valence-electron chi connectivity index (χ3n) is 5.52. The van der Waals surface area contributed by atoms with Crippen LogP contribution in [0.3, 0.4) is 0 Å². The van der Waals surface area contributed by atoms with E-state index in [9.17, 15) is 9.59 Å². The Morgan fingerprint density at radius 1 is 1.26 bits per heavy atom. The summed E-state index contributed by atoms with van der Waals surface area (Å²) in [5.41, 5.74) is 0.912. The number of hydrogen-bond acceptors (Lipinski definition) is 5. The van der Waals surface area contributed by atoms with Crippen LogP contribution >= 0.6 is 0 Å². The van der Waals surface area contributed by atoms with Crippen LogP contribution in [0.4, 0.5) is 0 Å². The van der Waals surface area contributed by atoms with Crippen molar-refractivity contribution in [3.05, 3.63) is 54.1 Å². The zero-order chi connectivity index (χ0) is 18.9. The van der Waals surface area contributed by atoms with Crippen molar-refractivity contribution in [2.24, 2.45) is 5.41 Å². The molecule has 7 heteroatoms. The summed E-state index contributed by atoms with van der Waals surface area (Å²) in [7, 11) is 1.55. The van der Waals surface area contributed by atoms with Crippen LogP contribution in [0, 0.1) is 5.41 Å². The lowest BCUT2D eigenvalue weighted by Gasteiger charge is -2.23. The van der Waals surface area contributed by atoms with Crippen LogP contribution in [0.15, 0.2) is 42.9 Å². The molecular formula is C20H22N4O3. The van der Waals surface area contributed by atoms with Crippen LogP contribution in [0.5, 0.6) is 5.75 Å². The average Bonchev–Trinajstić information content (AvgIpc) is 3.28. The highest BCUT2D eigenvalue weighted by molar-refractivity contribution is 5.95. The van der Waals surface area contributed by atoms with Gasteiger partial charge in [0, 0.05) is 32.0 Å². The van der Waals surface area contributed by atoms with Gasteiger partial charge in [-0.15, -0.1) is 0 Å². The first-order valence-electron chi connectivity index (χ1n) is 9.09. The lowest BCUT2D eigenvalue weighted by atomic mass is 9.85. The molecule has 2 fully saturated rings. The Bertz CT molecular complexity index is 857. The summed E-state index contributed by atoms with van der Waals surface area (Å²) in [4.78, 5) is 37.9. The van der Waals surface area contributed by atoms with Crippen LogP contribution in [0.1, 0.15) is 28.9 Å². The molecule has 0 N–H and O–H groups in total. The Morgan fingerprint density at radius 2 is 2.11 bits per heavy atom. The van der Waals surface area contributed by atoms with Crippen LogP contribution in [0.25, 0.3) is 0 Å². The van der Waals surface area contributed by atoms with Crippen molar-refractivity contribution in [2.45, 2.75) is 19.4 Å². The van der Waals surface area contributed by atoms with Crippen molar-refractivity contribution in [3.63, 3.8) is 0 Å². The first kappa shape index (κ1) is 17.5. The standard InChI is InChI=1S/C20H22N4O3/c1-27-17-10-15(11-21-12-17)18(25)24-9-6-20(14-24)5-8-23(19(20)26)13-16-4-2-3-7-22-16/h2-4,7,10-12H,5-6,8-9,13-14H2,1H3. The Balaban J connectivity index is 1.45. The summed E-state index contributed by atoms with van der Waals surface area (Å²) in [5.74, 6) is 0.578. The second-order valence-corrected chi connectivity index (χ2v) is 7.17. The smallest absolute Gasteiger partial charge is 0.255 e. The van der Waals surface area contributed by atoms with Gasteiger partial charge in [-0.2, -0.15) is 0 Å². The quantitative estimate of drug-likeness (QED) is 0.824. The van der Waals surface area contributed by atoms with Gasteiger partial charge in [0.05, 0.1) is 36.5 Å². The van der Waals surface area contributed by atoms with Gasteiger partial charge >= 0.3 is 0 Å². The molecule has 2 aromatic heterocycles. The zero-order valence-electron chi connectivity index (χ0n) is 15.3. The first-order chi connectivity index (χ1) is 13.1. The molecule has 4 rings (SSSR count). The van der Waals surface area contributed by atoms with E-state index in [0.717, 1.165) is 12.1 Å². The van der Waals surface area contributed by atoms with Crippen molar-refractivity contribution >= 4 is 11.8 Å². The third kappa shape index (κ3) is 3.25. The molecule has 2 amide bonds. The van der Waals surface area contributed by atoms with E-state index < -0.39 is 5.41 Å². The summed E-state index contributed by atoms with van der Waals surface area (Å²) in [6.07, 6.45) is 6.33. The van der Waals surface area contributed by atoms with Gasteiger partial charge in [-0.05, 0) is 31.0 Å². The number of carbonyl (C=O) groups is 2. The molecule has 27 heavy (non-hydrogen) atoms. The van der Waals surface area contributed by atoms with E-state index in [1.807, 2.05) is 23.1 Å². The van der Waals surface area contributed by atoms with Crippen LogP contribution in [-0.4, -0.2) is 58.3 Å². The van der Waals surface area contributed by atoms with Crippen molar-refractivity contribution in [3.8, 4) is 5.75 Å². The Labute approximate surface area is 158 Å². The van der Waals surface area contributed by atoms with Gasteiger partial charge in [-0.25, -0.2) is 0 Å². The molecule has 140 valence electrons. The minimum atomic E-state index is -0.462. The maximum Gasteiger partial charge on any atom is 0.255 e. The number of hydrogen-bond donors (Lipinski definition) is 0. The SMILES string of the molecule is COc1cncc(C(=O)N2CCC3(CCN(Cc4ccccn4)C3=O)C2)c1. The number of rotatable bonds is 4. The molecule has 7 nitrogen and oxygen atoms in total. The fourth-order valence-corrected chi connectivity index (χ4v) is 3.99. The second kappa shape index (κ2) is 6.98. The van der Waals surface area contributed by atoms with Gasteiger partial charge in [0.15, 0.2) is 0 Å². The third-order valence-corrected chi connectivity index (χ3v) is 5.52. The van der Waals surface area contributed by atoms with Crippen molar-refractivity contribution in [1.29, 1.82) is 0 Å². The number of methoxy groups -OCH3 is 1. The van der Waals surface area contributed by atoms with Gasteiger partial charge in [0.2, 0.25) is 5.91 Å². The molecule has 2 saturated heterocycles. The fourth-order valence-electron chi connectivity index (χ4n) is 3.99. The summed E-state index contributed by atoms with van der Waals surface area (Å²) < 4.78 is 5.15. The van der Waals surface area contributed by atoms with E-state index in [4.69, 9.17) is 4.74 Å². The number of aromatic nitrogens is 2. The first-order valence-corrected chi connectivity index (χ1v) is 9.09. The van der Waals surface area contributed by atoms with Gasteiger partial charge in [0.25, 0.3) is 5.91 Å². The summed E-state index contributed by atoms with van der Waals surface area (Å²) >= 11 is 0. The molecule has 2 aliphatic heterocycles. The molecule has 1 atom stereocenters. The summed E-state index contributed by atoms with van der Waals surface area (Å²) in [6.45, 7) is 2.27. The van der Waals surface area contributed by atoms with Crippen LogP contribution in [-0.2, 0) is 11.3 Å². The number of pyridine rings is 2. The van der Waals surface area contributed by atoms with Crippen molar-refractivity contribution in [2.75, 3.05) is 26.7 Å². The van der Waals surface area contributed by atoms with Crippen molar-refractivity contribution in [1.82, 2.24) is 19.8 Å². The normalized spacial score (nSPS) is 21.9. The van der Waals surface area contributed by atoms with Crippen molar-refractivity contribution < 1.29 is 14.3 Å². The summed E-state index contributed by atoms with van der Waals surface area (Å²) in [6, 6.07) is 7.41. The van der Waals surface area contributed by atoms with Gasteiger partial charge < -0.3 is 14.5 Å². The highest BCUT2D eigenvalue weighted by Gasteiger charge is 2.51. The van der Waals surface area contributed by atoms with Gasteiger partial charge in [0.1, 0.15) is 5.75 Å². The maximum atomic E-state index is 13.1. The van der Waals surface area contributed by atoms with Gasteiger partial charge in [-0.1, -0.05) is 6.07 Å². The number of amides is 2. The minimum absolute atomic E-state index is 0.103. The number of ether oxygens (including phenoxy) is 1. The predicted octanol–water partition coefficient (Wildman–Crippen LogP) is 1.75. The largest absolute Gasteiger partial charge is 0.495 e. The molecule has 1 unspecified atom stereocenters. The van der Waals surface area contributed by atoms with Gasteiger partial charge in [-0.3, -0.25) is 19.6 Å². The monoisotopic (exact) mass is 366 g/mol. The molecule has 4 heterocycles. The van der Waals surface area contributed by atoms with Crippen LogP contribution < -0.4 is 4.74 Å². The second-order valence-electron chi connectivity index (χ2n) is 7.17. The highest BCUT2D eigenvalue weighted by Crippen LogP contribution is 2.41. The van der Waals surface area contributed by atoms with E-state index >= 15 is 0 Å². The Hall–Kier alpha value is -2.96. The fraction of sp³-hybridized carbons (Fsp3) is 0.400. The summed E-state index contributed by atoms with van der Waals surface area (Å²) in [5, 5.41) is 0. The van der Waals surface area contributed by atoms with E-state index in [-0.39, 0.29) is 11.8 Å². The molecule has 0 aliphatic carbocycles. The Morgan fingerprint density at radius 3 is 2.89 bits per heavy atom. The lowest BCUT2D eigenvalue weighted by Crippen LogP contribution is -2.38. The van der Waals surface area contributed by atoms with E-state index in [1.165, 1.54) is 0 Å². The zero-order valence-corrected chi connectivity index (χ0v) is 15.3. The molecule has 1 spiro atoms. The molecule has 2 aromatic rings. The average molecular weight is 366 g/mol. The van der Waals surface area contributed by atoms with E-state index in [0.29, 0.717) is 43.9 Å². The molecular weight excluding hydrogens is 344 g/mol. The molecule has 0 bridgehead atoms. The molecule has 0 aromatic carbocycles. The molecule has 2 aliphatic rings.